The van der Waals surface area contributed by atoms with E-state index in [1.54, 1.807) is 18.3 Å². The molecule has 0 saturated carbocycles. The number of oxazole rings is 1. The highest BCUT2D eigenvalue weighted by molar-refractivity contribution is 8.00. The molecule has 1 amide bonds. The van der Waals surface area contributed by atoms with Crippen molar-refractivity contribution in [1.29, 1.82) is 0 Å². The average molecular weight is 366 g/mol. The van der Waals surface area contributed by atoms with Crippen molar-refractivity contribution in [2.45, 2.75) is 18.7 Å². The van der Waals surface area contributed by atoms with Gasteiger partial charge in [-0.2, -0.15) is 0 Å². The predicted octanol–water partition coefficient (Wildman–Crippen LogP) is 4.58. The quantitative estimate of drug-likeness (QED) is 0.510. The molecule has 0 fully saturated rings. The number of amides is 1. The van der Waals surface area contributed by atoms with Crippen molar-refractivity contribution < 1.29 is 14.0 Å². The smallest absolute Gasteiger partial charge is 0.221 e. The maximum Gasteiger partial charge on any atom is 0.221 e. The number of nitrogens with one attached hydrogen (secondary N) is 1. The minimum Gasteiger partial charge on any atom is -0.444 e. The van der Waals surface area contributed by atoms with Gasteiger partial charge < -0.3 is 9.73 Å². The Bertz CT molecular complexity index is 922. The number of thioether (sulfide) groups is 1. The van der Waals surface area contributed by atoms with E-state index in [-0.39, 0.29) is 17.4 Å². The molecule has 3 rings (SSSR count). The molecule has 5 nitrogen and oxygen atoms in total. The van der Waals surface area contributed by atoms with E-state index in [2.05, 4.69) is 10.3 Å². The molecule has 0 atom stereocenters. The molecule has 1 heterocycles. The van der Waals surface area contributed by atoms with Gasteiger partial charge in [-0.1, -0.05) is 30.3 Å². The van der Waals surface area contributed by atoms with Crippen LogP contribution in [0.25, 0.3) is 11.3 Å². The molecule has 1 N–H and O–H groups in total. The first-order valence-electron chi connectivity index (χ1n) is 8.06. The summed E-state index contributed by atoms with van der Waals surface area (Å²) in [6, 6.07) is 13.0. The van der Waals surface area contributed by atoms with E-state index < -0.39 is 0 Å². The SMILES string of the molecule is CC(=O)Nc1cc(C)c(-c2cnco2)cc1SCC(=O)c1ccccc1. The number of aryl methyl sites for hydroxylation is 1. The van der Waals surface area contributed by atoms with Crippen LogP contribution in [0.15, 0.2) is 64.4 Å². The van der Waals surface area contributed by atoms with Gasteiger partial charge in [-0.05, 0) is 24.6 Å². The van der Waals surface area contributed by atoms with Crippen LogP contribution in [0.4, 0.5) is 5.69 Å². The molecule has 0 unspecified atom stereocenters. The van der Waals surface area contributed by atoms with Crippen LogP contribution in [0.2, 0.25) is 0 Å². The Labute approximate surface area is 155 Å². The third-order valence-electron chi connectivity index (χ3n) is 3.79. The van der Waals surface area contributed by atoms with Gasteiger partial charge in [-0.15, -0.1) is 11.8 Å². The molecule has 0 aliphatic carbocycles. The van der Waals surface area contributed by atoms with E-state index in [1.165, 1.54) is 25.1 Å². The van der Waals surface area contributed by atoms with Gasteiger partial charge in [0.25, 0.3) is 0 Å². The Balaban J connectivity index is 1.89. The van der Waals surface area contributed by atoms with Gasteiger partial charge in [-0.25, -0.2) is 4.98 Å². The summed E-state index contributed by atoms with van der Waals surface area (Å²) in [5.41, 5.74) is 3.18. The van der Waals surface area contributed by atoms with Crippen LogP contribution in [-0.4, -0.2) is 22.4 Å². The second kappa shape index (κ2) is 8.01. The van der Waals surface area contributed by atoms with Crippen LogP contribution >= 0.6 is 11.8 Å². The lowest BCUT2D eigenvalue weighted by atomic mass is 10.1. The second-order valence-corrected chi connectivity index (χ2v) is 6.81. The van der Waals surface area contributed by atoms with Crippen molar-refractivity contribution in [2.75, 3.05) is 11.1 Å². The number of aromatic nitrogens is 1. The maximum absolute atomic E-state index is 12.4. The molecule has 0 aliphatic heterocycles. The number of ketones is 1. The molecule has 6 heteroatoms. The normalized spacial score (nSPS) is 10.5. The number of Topliss-reactive ketones (excluding diaryl/α,β-unsaturated/α-hetero) is 1. The Morgan fingerprint density at radius 3 is 2.62 bits per heavy atom. The van der Waals surface area contributed by atoms with E-state index in [9.17, 15) is 9.59 Å². The Morgan fingerprint density at radius 1 is 1.19 bits per heavy atom. The molecule has 2 aromatic carbocycles. The molecule has 26 heavy (non-hydrogen) atoms. The van der Waals surface area contributed by atoms with Gasteiger partial charge in [0.1, 0.15) is 0 Å². The van der Waals surface area contributed by atoms with Crippen molar-refractivity contribution in [2.24, 2.45) is 0 Å². The maximum atomic E-state index is 12.4. The highest BCUT2D eigenvalue weighted by atomic mass is 32.2. The first-order chi connectivity index (χ1) is 12.5. The van der Waals surface area contributed by atoms with Gasteiger partial charge in [-0.3, -0.25) is 9.59 Å². The van der Waals surface area contributed by atoms with Crippen LogP contribution < -0.4 is 5.32 Å². The molecule has 3 aromatic rings. The van der Waals surface area contributed by atoms with Crippen LogP contribution in [0, 0.1) is 6.92 Å². The van der Waals surface area contributed by atoms with Gasteiger partial charge in [0.2, 0.25) is 5.91 Å². The Hall–Kier alpha value is -2.86. The number of nitrogens with zero attached hydrogens (tertiary/aromatic N) is 1. The zero-order valence-electron chi connectivity index (χ0n) is 14.5. The van der Waals surface area contributed by atoms with E-state index in [1.807, 2.05) is 37.3 Å². The van der Waals surface area contributed by atoms with Gasteiger partial charge in [0, 0.05) is 22.9 Å². The Morgan fingerprint density at radius 2 is 1.96 bits per heavy atom. The fourth-order valence-electron chi connectivity index (χ4n) is 2.56. The molecule has 0 aliphatic rings. The van der Waals surface area contributed by atoms with Crippen molar-refractivity contribution in [3.05, 3.63) is 66.2 Å². The molecule has 1 aromatic heterocycles. The number of carbonyl (C=O) groups is 2. The number of hydrogen-bond donors (Lipinski definition) is 1. The van der Waals surface area contributed by atoms with E-state index >= 15 is 0 Å². The highest BCUT2D eigenvalue weighted by Gasteiger charge is 2.14. The minimum absolute atomic E-state index is 0.0335. The largest absolute Gasteiger partial charge is 0.444 e. The molecule has 0 bridgehead atoms. The lowest BCUT2D eigenvalue weighted by molar-refractivity contribution is -0.114. The zero-order chi connectivity index (χ0) is 18.5. The van der Waals surface area contributed by atoms with Crippen molar-refractivity contribution in [1.82, 2.24) is 4.98 Å². The standard InChI is InChI=1S/C20H18N2O3S/c1-13-8-17(22-14(2)23)20(9-16(13)19-10-21-12-25-19)26-11-18(24)15-6-4-3-5-7-15/h3-10,12H,11H2,1-2H3,(H,22,23). The summed E-state index contributed by atoms with van der Waals surface area (Å²) in [5, 5.41) is 2.83. The van der Waals surface area contributed by atoms with Crippen molar-refractivity contribution >= 4 is 29.1 Å². The summed E-state index contributed by atoms with van der Waals surface area (Å²) < 4.78 is 5.40. The monoisotopic (exact) mass is 366 g/mol. The lowest BCUT2D eigenvalue weighted by Gasteiger charge is -2.13. The summed E-state index contributed by atoms with van der Waals surface area (Å²) in [6.45, 7) is 3.40. The summed E-state index contributed by atoms with van der Waals surface area (Å²) in [4.78, 5) is 28.7. The zero-order valence-corrected chi connectivity index (χ0v) is 15.3. The number of rotatable bonds is 6. The first-order valence-corrected chi connectivity index (χ1v) is 9.05. The van der Waals surface area contributed by atoms with Gasteiger partial charge >= 0.3 is 0 Å². The van der Waals surface area contributed by atoms with Crippen LogP contribution in [0.5, 0.6) is 0 Å². The summed E-state index contributed by atoms with van der Waals surface area (Å²) in [6.07, 6.45) is 3.02. The lowest BCUT2D eigenvalue weighted by Crippen LogP contribution is -2.08. The van der Waals surface area contributed by atoms with Crippen molar-refractivity contribution in [3.63, 3.8) is 0 Å². The van der Waals surface area contributed by atoms with Gasteiger partial charge in [0.15, 0.2) is 17.9 Å². The van der Waals surface area contributed by atoms with E-state index in [0.717, 1.165) is 16.0 Å². The summed E-state index contributed by atoms with van der Waals surface area (Å²) in [5.74, 6) is 0.794. The third kappa shape index (κ3) is 4.21. The molecule has 132 valence electrons. The summed E-state index contributed by atoms with van der Waals surface area (Å²) >= 11 is 1.39. The van der Waals surface area contributed by atoms with Crippen molar-refractivity contribution in [3.8, 4) is 11.3 Å². The Kier molecular flexibility index (Phi) is 5.53. The minimum atomic E-state index is -0.159. The fraction of sp³-hybridized carbons (Fsp3) is 0.150. The second-order valence-electron chi connectivity index (χ2n) is 5.79. The van der Waals surface area contributed by atoms with E-state index in [4.69, 9.17) is 4.42 Å². The highest BCUT2D eigenvalue weighted by Crippen LogP contribution is 2.35. The van der Waals surface area contributed by atoms with Crippen LogP contribution in [0.1, 0.15) is 22.8 Å². The van der Waals surface area contributed by atoms with Crippen LogP contribution in [0.3, 0.4) is 0 Å². The van der Waals surface area contributed by atoms with Crippen LogP contribution in [-0.2, 0) is 4.79 Å². The third-order valence-corrected chi connectivity index (χ3v) is 4.84. The molecular formula is C20H18N2O3S. The number of anilines is 1. The first kappa shape index (κ1) is 17.9. The number of benzene rings is 2. The molecule has 0 radical (unpaired) electrons. The molecule has 0 saturated heterocycles. The summed E-state index contributed by atoms with van der Waals surface area (Å²) in [7, 11) is 0. The van der Waals surface area contributed by atoms with Gasteiger partial charge in [0.05, 0.1) is 17.6 Å². The topological polar surface area (TPSA) is 72.2 Å². The van der Waals surface area contributed by atoms with E-state index in [0.29, 0.717) is 17.0 Å². The molecule has 0 spiro atoms. The number of hydrogen-bond acceptors (Lipinski definition) is 5. The number of carbonyl (C=O) groups excluding carboxylic acids is 2. The molecular weight excluding hydrogens is 348 g/mol. The fourth-order valence-corrected chi connectivity index (χ4v) is 3.48. The predicted molar refractivity (Wildman–Crippen MR) is 102 cm³/mol. The average Bonchev–Trinajstić information content (AvgIpc) is 3.15.